The van der Waals surface area contributed by atoms with Gasteiger partial charge in [0.1, 0.15) is 5.75 Å². The summed E-state index contributed by atoms with van der Waals surface area (Å²) in [5.74, 6) is -0.388. The van der Waals surface area contributed by atoms with Gasteiger partial charge >= 0.3 is 5.97 Å². The Morgan fingerprint density at radius 1 is 1.22 bits per heavy atom. The van der Waals surface area contributed by atoms with Crippen molar-refractivity contribution < 1.29 is 19.5 Å². The lowest BCUT2D eigenvalue weighted by Gasteiger charge is -2.29. The molecule has 2 aromatic carbocycles. The largest absolute Gasteiger partial charge is 0.507 e. The van der Waals surface area contributed by atoms with Crippen LogP contribution in [-0.2, 0) is 6.54 Å². The Labute approximate surface area is 184 Å². The third kappa shape index (κ3) is 3.82. The number of rotatable bonds is 7. The zero-order chi connectivity index (χ0) is 23.0. The van der Waals surface area contributed by atoms with Crippen molar-refractivity contribution in [2.24, 2.45) is 0 Å². The number of hydrogen-bond acceptors (Lipinski definition) is 8. The summed E-state index contributed by atoms with van der Waals surface area (Å²) in [6.07, 6.45) is 0. The average molecular weight is 436 g/mol. The van der Waals surface area contributed by atoms with Crippen LogP contribution < -0.4 is 9.80 Å². The molecule has 32 heavy (non-hydrogen) atoms. The summed E-state index contributed by atoms with van der Waals surface area (Å²) in [6.45, 7) is 4.44. The molecule has 0 atom stereocenters. The number of phenols is 1. The number of aromatic amines is 1. The van der Waals surface area contributed by atoms with Gasteiger partial charge in [-0.1, -0.05) is 12.1 Å². The molecular weight excluding hydrogens is 412 g/mol. The van der Waals surface area contributed by atoms with Gasteiger partial charge in [-0.3, -0.25) is 5.10 Å². The molecule has 0 aliphatic carbocycles. The third-order valence-electron chi connectivity index (χ3n) is 5.21. The van der Waals surface area contributed by atoms with Crippen molar-refractivity contribution in [3.05, 3.63) is 47.7 Å². The number of hydrogen-bond donors (Lipinski definition) is 3. The van der Waals surface area contributed by atoms with E-state index in [9.17, 15) is 15.0 Å². The molecule has 0 amide bonds. The number of H-pyrrole nitrogens is 1. The number of carboxylic acids is 1. The number of fused-ring (bicyclic) bond motifs is 1. The van der Waals surface area contributed by atoms with Crippen LogP contribution in [0, 0.1) is 0 Å². The van der Waals surface area contributed by atoms with Gasteiger partial charge in [0.15, 0.2) is 5.69 Å². The van der Waals surface area contributed by atoms with Gasteiger partial charge in [-0.05, 0) is 43.3 Å². The lowest BCUT2D eigenvalue weighted by Crippen LogP contribution is -2.30. The smallest absolute Gasteiger partial charge is 0.357 e. The standard InChI is InChI=1S/C22H24N6O4/c1-12(2)28(14-8-9-17-16(10-14)18(21(30)31)25-24-17)11-13-6-5-7-15(19(13)29)20-23-22(26-32-20)27(3)4/h5-10,12,29H,11H2,1-4H3,(H,24,25)(H,30,31). The van der Waals surface area contributed by atoms with Crippen LogP contribution in [0.3, 0.4) is 0 Å². The highest BCUT2D eigenvalue weighted by Gasteiger charge is 2.20. The molecule has 3 N–H and O–H groups in total. The molecule has 10 nitrogen and oxygen atoms in total. The third-order valence-corrected chi connectivity index (χ3v) is 5.21. The maximum atomic E-state index is 11.5. The number of benzene rings is 2. The lowest BCUT2D eigenvalue weighted by molar-refractivity contribution is 0.0692. The highest BCUT2D eigenvalue weighted by Crippen LogP contribution is 2.34. The van der Waals surface area contributed by atoms with Gasteiger partial charge in [0.05, 0.1) is 11.1 Å². The predicted octanol–water partition coefficient (Wildman–Crippen LogP) is 3.50. The Morgan fingerprint density at radius 2 is 2.00 bits per heavy atom. The van der Waals surface area contributed by atoms with E-state index >= 15 is 0 Å². The van der Waals surface area contributed by atoms with E-state index in [2.05, 4.69) is 25.2 Å². The van der Waals surface area contributed by atoms with Crippen molar-refractivity contribution in [1.82, 2.24) is 20.3 Å². The number of phenolic OH excluding ortho intramolecular Hbond substituents is 1. The van der Waals surface area contributed by atoms with E-state index < -0.39 is 5.97 Å². The fourth-order valence-corrected chi connectivity index (χ4v) is 3.50. The molecule has 0 radical (unpaired) electrons. The topological polar surface area (TPSA) is 132 Å². The van der Waals surface area contributed by atoms with Crippen LogP contribution in [0.2, 0.25) is 0 Å². The minimum atomic E-state index is -1.09. The van der Waals surface area contributed by atoms with Crippen LogP contribution in [0.25, 0.3) is 22.4 Å². The molecule has 0 bridgehead atoms. The first-order valence-corrected chi connectivity index (χ1v) is 10.1. The molecule has 0 aliphatic rings. The molecule has 4 rings (SSSR count). The molecule has 0 saturated carbocycles. The number of para-hydroxylation sites is 1. The fourth-order valence-electron chi connectivity index (χ4n) is 3.50. The summed E-state index contributed by atoms with van der Waals surface area (Å²) in [5, 5.41) is 31.4. The minimum absolute atomic E-state index is 0.0245. The number of aromatic nitrogens is 4. The molecule has 0 saturated heterocycles. The predicted molar refractivity (Wildman–Crippen MR) is 120 cm³/mol. The summed E-state index contributed by atoms with van der Waals surface area (Å²) in [6, 6.07) is 10.9. The number of carboxylic acid groups (broad SMARTS) is 1. The summed E-state index contributed by atoms with van der Waals surface area (Å²) in [5.41, 5.74) is 2.56. The number of nitrogens with one attached hydrogen (secondary N) is 1. The highest BCUT2D eigenvalue weighted by atomic mass is 16.5. The fraction of sp³-hybridized carbons (Fsp3) is 0.273. The van der Waals surface area contributed by atoms with Crippen LogP contribution in [0.1, 0.15) is 29.9 Å². The monoisotopic (exact) mass is 436 g/mol. The molecule has 0 aliphatic heterocycles. The van der Waals surface area contributed by atoms with Crippen LogP contribution in [0.5, 0.6) is 5.75 Å². The molecule has 166 valence electrons. The summed E-state index contributed by atoms with van der Waals surface area (Å²) in [7, 11) is 3.61. The number of carbonyl (C=O) groups is 1. The molecule has 2 heterocycles. The molecule has 0 spiro atoms. The maximum absolute atomic E-state index is 11.5. The molecule has 0 unspecified atom stereocenters. The molecule has 10 heteroatoms. The minimum Gasteiger partial charge on any atom is -0.507 e. The SMILES string of the molecule is CC(C)N(Cc1cccc(-c2nc(N(C)C)no2)c1O)c1ccc2[nH]nc(C(=O)O)c2c1. The normalized spacial score (nSPS) is 11.3. The van der Waals surface area contributed by atoms with Crippen LogP contribution in [-0.4, -0.2) is 56.7 Å². The average Bonchev–Trinajstić information content (AvgIpc) is 3.40. The number of aromatic hydroxyl groups is 1. The second-order valence-corrected chi connectivity index (χ2v) is 7.94. The summed E-state index contributed by atoms with van der Waals surface area (Å²) < 4.78 is 5.32. The van der Waals surface area contributed by atoms with E-state index in [1.54, 1.807) is 37.2 Å². The zero-order valence-electron chi connectivity index (χ0n) is 18.2. The van der Waals surface area contributed by atoms with Gasteiger partial charge < -0.3 is 24.5 Å². The second-order valence-electron chi connectivity index (χ2n) is 7.94. The van der Waals surface area contributed by atoms with Crippen molar-refractivity contribution in [3.63, 3.8) is 0 Å². The highest BCUT2D eigenvalue weighted by molar-refractivity contribution is 6.02. The zero-order valence-corrected chi connectivity index (χ0v) is 18.2. The Morgan fingerprint density at radius 3 is 2.66 bits per heavy atom. The molecule has 2 aromatic heterocycles. The van der Waals surface area contributed by atoms with E-state index in [1.807, 2.05) is 32.0 Å². The number of aromatic carboxylic acids is 1. The number of anilines is 2. The van der Waals surface area contributed by atoms with Crippen molar-refractivity contribution in [2.45, 2.75) is 26.4 Å². The second kappa shape index (κ2) is 8.22. The maximum Gasteiger partial charge on any atom is 0.357 e. The van der Waals surface area contributed by atoms with Gasteiger partial charge in [0.2, 0.25) is 0 Å². The molecule has 4 aromatic rings. The quantitative estimate of drug-likeness (QED) is 0.398. The van der Waals surface area contributed by atoms with Gasteiger partial charge in [0.25, 0.3) is 11.8 Å². The van der Waals surface area contributed by atoms with Crippen LogP contribution in [0.4, 0.5) is 11.6 Å². The van der Waals surface area contributed by atoms with Crippen molar-refractivity contribution in [3.8, 4) is 17.2 Å². The van der Waals surface area contributed by atoms with Gasteiger partial charge in [-0.15, -0.1) is 0 Å². The van der Waals surface area contributed by atoms with Crippen molar-refractivity contribution in [1.29, 1.82) is 0 Å². The number of nitrogens with zero attached hydrogens (tertiary/aromatic N) is 5. The molecular formula is C22H24N6O4. The first-order valence-electron chi connectivity index (χ1n) is 10.1. The van der Waals surface area contributed by atoms with E-state index in [0.717, 1.165) is 5.69 Å². The Bertz CT molecular complexity index is 1280. The van der Waals surface area contributed by atoms with E-state index in [-0.39, 0.29) is 23.4 Å². The van der Waals surface area contributed by atoms with Crippen LogP contribution >= 0.6 is 0 Å². The first-order chi connectivity index (χ1) is 15.3. The Hall–Kier alpha value is -4.08. The summed E-state index contributed by atoms with van der Waals surface area (Å²) in [4.78, 5) is 19.6. The van der Waals surface area contributed by atoms with Crippen molar-refractivity contribution >= 4 is 28.5 Å². The van der Waals surface area contributed by atoms with E-state index in [1.165, 1.54) is 0 Å². The van der Waals surface area contributed by atoms with Gasteiger partial charge in [-0.2, -0.15) is 10.1 Å². The van der Waals surface area contributed by atoms with E-state index in [0.29, 0.717) is 34.5 Å². The lowest BCUT2D eigenvalue weighted by atomic mass is 10.1. The first kappa shape index (κ1) is 21.2. The van der Waals surface area contributed by atoms with E-state index in [4.69, 9.17) is 4.52 Å². The Kier molecular flexibility index (Phi) is 5.43. The van der Waals surface area contributed by atoms with Gasteiger partial charge in [0, 0.05) is 43.3 Å². The Balaban J connectivity index is 1.70. The summed E-state index contributed by atoms with van der Waals surface area (Å²) >= 11 is 0. The van der Waals surface area contributed by atoms with Gasteiger partial charge in [-0.25, -0.2) is 4.79 Å². The molecule has 0 fully saturated rings. The van der Waals surface area contributed by atoms with Crippen molar-refractivity contribution in [2.75, 3.05) is 23.9 Å². The van der Waals surface area contributed by atoms with Crippen LogP contribution in [0.15, 0.2) is 40.9 Å².